The molecule has 0 unspecified atom stereocenters. The summed E-state index contributed by atoms with van der Waals surface area (Å²) in [5.74, 6) is 0.657. The molecule has 1 aromatic heterocycles. The summed E-state index contributed by atoms with van der Waals surface area (Å²) in [5, 5.41) is 22.8. The molecule has 0 bridgehead atoms. The van der Waals surface area contributed by atoms with Crippen molar-refractivity contribution in [2.45, 2.75) is 11.6 Å². The summed E-state index contributed by atoms with van der Waals surface area (Å²) in [5.41, 5.74) is 2.50. The number of para-hydroxylation sites is 1. The third kappa shape index (κ3) is 5.19. The Morgan fingerprint density at radius 2 is 1.59 bits per heavy atom. The predicted octanol–water partition coefficient (Wildman–Crippen LogP) is 4.50. The molecule has 1 amide bonds. The number of hydrogen-bond acceptors (Lipinski definition) is 6. The number of benzene rings is 3. The van der Waals surface area contributed by atoms with E-state index in [0.29, 0.717) is 17.3 Å². The highest BCUT2D eigenvalue weighted by Crippen LogP contribution is 2.24. The van der Waals surface area contributed by atoms with Crippen LogP contribution in [0.2, 0.25) is 0 Å². The number of hydrogen-bond donors (Lipinski definition) is 1. The van der Waals surface area contributed by atoms with Crippen LogP contribution in [-0.2, 0) is 11.2 Å². The van der Waals surface area contributed by atoms with Gasteiger partial charge in [0.1, 0.15) is 5.82 Å². The van der Waals surface area contributed by atoms with Crippen molar-refractivity contribution in [1.82, 2.24) is 14.8 Å². The highest BCUT2D eigenvalue weighted by molar-refractivity contribution is 7.99. The van der Waals surface area contributed by atoms with Gasteiger partial charge in [0.15, 0.2) is 5.16 Å². The van der Waals surface area contributed by atoms with Gasteiger partial charge in [-0.15, -0.1) is 10.2 Å². The Bertz CT molecular complexity index is 1210. The first-order valence-electron chi connectivity index (χ1n) is 9.81. The molecule has 4 aromatic rings. The van der Waals surface area contributed by atoms with Crippen molar-refractivity contribution in [1.29, 1.82) is 0 Å². The summed E-state index contributed by atoms with van der Waals surface area (Å²) in [4.78, 5) is 22.7. The van der Waals surface area contributed by atoms with E-state index in [1.165, 1.54) is 36.0 Å². The van der Waals surface area contributed by atoms with Crippen molar-refractivity contribution in [3.8, 4) is 5.69 Å². The number of carbonyl (C=O) groups excluding carboxylic acids is 1. The summed E-state index contributed by atoms with van der Waals surface area (Å²) in [7, 11) is 0. The average Bonchev–Trinajstić information content (AvgIpc) is 3.21. The van der Waals surface area contributed by atoms with Crippen LogP contribution in [0, 0.1) is 10.1 Å². The second-order valence-corrected chi connectivity index (χ2v) is 7.82. The smallest absolute Gasteiger partial charge is 0.269 e. The third-order valence-corrected chi connectivity index (χ3v) is 5.54. The number of rotatable bonds is 8. The van der Waals surface area contributed by atoms with E-state index in [0.717, 1.165) is 17.1 Å². The molecule has 1 heterocycles. The molecule has 0 spiro atoms. The van der Waals surface area contributed by atoms with Gasteiger partial charge in [0.2, 0.25) is 5.91 Å². The van der Waals surface area contributed by atoms with E-state index in [-0.39, 0.29) is 17.3 Å². The molecule has 1 N–H and O–H groups in total. The molecule has 0 aliphatic heterocycles. The minimum Gasteiger partial charge on any atom is -0.325 e. The standard InChI is InChI=1S/C23H19N5O3S/c29-22(24-18-11-13-20(14-12-18)28(30)31)16-32-23-26-25-21(15-17-7-3-1-4-8-17)27(23)19-9-5-2-6-10-19/h1-14H,15-16H2,(H,24,29). The van der Waals surface area contributed by atoms with Gasteiger partial charge in [-0.2, -0.15) is 0 Å². The summed E-state index contributed by atoms with van der Waals surface area (Å²) >= 11 is 1.28. The first-order valence-corrected chi connectivity index (χ1v) is 10.8. The second-order valence-electron chi connectivity index (χ2n) is 6.87. The van der Waals surface area contributed by atoms with E-state index < -0.39 is 4.92 Å². The van der Waals surface area contributed by atoms with Crippen LogP contribution in [0.15, 0.2) is 90.1 Å². The fourth-order valence-electron chi connectivity index (χ4n) is 3.12. The number of aromatic nitrogens is 3. The number of amides is 1. The van der Waals surface area contributed by atoms with E-state index in [1.807, 2.05) is 65.2 Å². The first-order chi connectivity index (χ1) is 15.6. The lowest BCUT2D eigenvalue weighted by Crippen LogP contribution is -2.14. The molecule has 8 nitrogen and oxygen atoms in total. The van der Waals surface area contributed by atoms with Crippen LogP contribution >= 0.6 is 11.8 Å². The van der Waals surface area contributed by atoms with Gasteiger partial charge in [0.05, 0.1) is 10.7 Å². The molecule has 4 rings (SSSR count). The molecular weight excluding hydrogens is 426 g/mol. The van der Waals surface area contributed by atoms with Crippen molar-refractivity contribution >= 4 is 29.0 Å². The zero-order valence-electron chi connectivity index (χ0n) is 16.9. The Kier molecular flexibility index (Phi) is 6.57. The lowest BCUT2D eigenvalue weighted by molar-refractivity contribution is -0.384. The van der Waals surface area contributed by atoms with Gasteiger partial charge < -0.3 is 5.32 Å². The maximum Gasteiger partial charge on any atom is 0.269 e. The minimum atomic E-state index is -0.481. The number of non-ortho nitro benzene ring substituents is 1. The van der Waals surface area contributed by atoms with Gasteiger partial charge >= 0.3 is 0 Å². The molecule has 32 heavy (non-hydrogen) atoms. The molecule has 0 saturated carbocycles. The Morgan fingerprint density at radius 3 is 2.25 bits per heavy atom. The summed E-state index contributed by atoms with van der Waals surface area (Å²) in [6, 6.07) is 25.5. The molecular formula is C23H19N5O3S. The van der Waals surface area contributed by atoms with Gasteiger partial charge in [-0.25, -0.2) is 0 Å². The van der Waals surface area contributed by atoms with Crippen molar-refractivity contribution in [3.63, 3.8) is 0 Å². The Balaban J connectivity index is 1.49. The van der Waals surface area contributed by atoms with Crippen LogP contribution in [-0.4, -0.2) is 31.3 Å². The van der Waals surface area contributed by atoms with Crippen LogP contribution in [0.1, 0.15) is 11.4 Å². The Morgan fingerprint density at radius 1 is 0.938 bits per heavy atom. The molecule has 0 aliphatic carbocycles. The fourth-order valence-corrected chi connectivity index (χ4v) is 3.89. The maximum atomic E-state index is 12.4. The fraction of sp³-hybridized carbons (Fsp3) is 0.0870. The maximum absolute atomic E-state index is 12.4. The molecule has 0 atom stereocenters. The van der Waals surface area contributed by atoms with Crippen molar-refractivity contribution in [3.05, 3.63) is 106 Å². The topological polar surface area (TPSA) is 103 Å². The van der Waals surface area contributed by atoms with Crippen LogP contribution in [0.5, 0.6) is 0 Å². The molecule has 0 radical (unpaired) electrons. The molecule has 3 aromatic carbocycles. The van der Waals surface area contributed by atoms with Crippen molar-refractivity contribution < 1.29 is 9.72 Å². The number of thioether (sulfide) groups is 1. The van der Waals surface area contributed by atoms with E-state index in [2.05, 4.69) is 15.5 Å². The zero-order chi connectivity index (χ0) is 22.3. The lowest BCUT2D eigenvalue weighted by Gasteiger charge is -2.10. The second kappa shape index (κ2) is 9.88. The van der Waals surface area contributed by atoms with Crippen LogP contribution in [0.25, 0.3) is 5.69 Å². The van der Waals surface area contributed by atoms with Gasteiger partial charge in [0, 0.05) is 29.9 Å². The van der Waals surface area contributed by atoms with Crippen molar-refractivity contribution in [2.75, 3.05) is 11.1 Å². The number of anilines is 1. The van der Waals surface area contributed by atoms with Crippen molar-refractivity contribution in [2.24, 2.45) is 0 Å². The number of nitrogens with zero attached hydrogens (tertiary/aromatic N) is 4. The summed E-state index contributed by atoms with van der Waals surface area (Å²) < 4.78 is 1.96. The van der Waals surface area contributed by atoms with E-state index >= 15 is 0 Å². The number of carbonyl (C=O) groups is 1. The highest BCUT2D eigenvalue weighted by atomic mass is 32.2. The minimum absolute atomic E-state index is 0.0284. The van der Waals surface area contributed by atoms with E-state index in [1.54, 1.807) is 0 Å². The highest BCUT2D eigenvalue weighted by Gasteiger charge is 2.16. The van der Waals surface area contributed by atoms with Gasteiger partial charge in [-0.3, -0.25) is 19.5 Å². The van der Waals surface area contributed by atoms with E-state index in [9.17, 15) is 14.9 Å². The zero-order valence-corrected chi connectivity index (χ0v) is 17.7. The molecule has 160 valence electrons. The lowest BCUT2D eigenvalue weighted by atomic mass is 10.1. The number of nitro groups is 1. The molecule has 0 aliphatic rings. The number of nitro benzene ring substituents is 1. The van der Waals surface area contributed by atoms with Gasteiger partial charge in [-0.05, 0) is 29.8 Å². The van der Waals surface area contributed by atoms with Gasteiger partial charge in [-0.1, -0.05) is 60.3 Å². The largest absolute Gasteiger partial charge is 0.325 e. The number of nitrogens with one attached hydrogen (secondary N) is 1. The quantitative estimate of drug-likeness (QED) is 0.243. The molecule has 0 saturated heterocycles. The Hall–Kier alpha value is -3.98. The third-order valence-electron chi connectivity index (χ3n) is 4.61. The van der Waals surface area contributed by atoms with Crippen LogP contribution in [0.3, 0.4) is 0 Å². The summed E-state index contributed by atoms with van der Waals surface area (Å²) in [6.07, 6.45) is 0.609. The summed E-state index contributed by atoms with van der Waals surface area (Å²) in [6.45, 7) is 0. The first kappa shape index (κ1) is 21.3. The van der Waals surface area contributed by atoms with Crippen LogP contribution < -0.4 is 5.32 Å². The average molecular weight is 446 g/mol. The Labute approximate surface area is 188 Å². The van der Waals surface area contributed by atoms with Gasteiger partial charge in [0.25, 0.3) is 5.69 Å². The SMILES string of the molecule is O=C(CSc1nnc(Cc2ccccc2)n1-c1ccccc1)Nc1ccc([N+](=O)[O-])cc1. The van der Waals surface area contributed by atoms with Crippen LogP contribution in [0.4, 0.5) is 11.4 Å². The predicted molar refractivity (Wildman–Crippen MR) is 123 cm³/mol. The monoisotopic (exact) mass is 445 g/mol. The molecule has 9 heteroatoms. The normalized spacial score (nSPS) is 10.6. The van der Waals surface area contributed by atoms with E-state index in [4.69, 9.17) is 0 Å². The molecule has 0 fully saturated rings.